The van der Waals surface area contributed by atoms with Crippen molar-refractivity contribution in [2.24, 2.45) is 5.73 Å². The summed E-state index contributed by atoms with van der Waals surface area (Å²) in [5.74, 6) is -2.03. The highest BCUT2D eigenvalue weighted by Gasteiger charge is 2.33. The summed E-state index contributed by atoms with van der Waals surface area (Å²) >= 11 is -2.71. The molecule has 1 heterocycles. The number of primary amides is 1. The molecule has 0 bridgehead atoms. The Kier molecular flexibility index (Phi) is 8.94. The van der Waals surface area contributed by atoms with Crippen LogP contribution in [-0.2, 0) is 28.7 Å². The van der Waals surface area contributed by atoms with Crippen LogP contribution in [0.2, 0.25) is 0 Å². The number of alkyl halides is 3. The van der Waals surface area contributed by atoms with Gasteiger partial charge in [-0.05, 0) is 60.4 Å². The Morgan fingerprint density at radius 3 is 2.34 bits per heavy atom. The molecule has 1 amide bonds. The van der Waals surface area contributed by atoms with E-state index in [1.54, 1.807) is 0 Å². The molecule has 2 atom stereocenters. The van der Waals surface area contributed by atoms with E-state index in [1.807, 2.05) is 0 Å². The molecule has 2 N–H and O–H groups in total. The molecule has 0 aliphatic carbocycles. The van der Waals surface area contributed by atoms with Gasteiger partial charge >= 0.3 is 6.18 Å². The molecule has 0 aliphatic rings. The van der Waals surface area contributed by atoms with Crippen LogP contribution >= 0.6 is 0 Å². The summed E-state index contributed by atoms with van der Waals surface area (Å²) in [4.78, 5) is 16.1. The zero-order chi connectivity index (χ0) is 28.2. The minimum Gasteiger partial charge on any atom is -0.755 e. The predicted octanol–water partition coefficient (Wildman–Crippen LogP) is 4.36. The van der Waals surface area contributed by atoms with E-state index < -0.39 is 40.8 Å². The van der Waals surface area contributed by atoms with Crippen molar-refractivity contribution in [1.82, 2.24) is 4.98 Å². The topological polar surface area (TPSA) is 118 Å². The molecule has 3 aromatic rings. The number of pyridine rings is 1. The van der Waals surface area contributed by atoms with Crippen LogP contribution in [0.1, 0.15) is 29.2 Å². The monoisotopic (exact) mass is 554 g/mol. The highest BCUT2D eigenvalue weighted by molar-refractivity contribution is 7.80. The van der Waals surface area contributed by atoms with Gasteiger partial charge in [-0.25, -0.2) is 9.37 Å². The largest absolute Gasteiger partial charge is 0.755 e. The molecular weight excluding hydrogens is 530 g/mol. The number of carbonyl (C=O) groups excluding carboxylic acids is 1. The van der Waals surface area contributed by atoms with Crippen LogP contribution in [0.4, 0.5) is 23.2 Å². The number of aryl methyl sites for hydroxylation is 1. The average Bonchev–Trinajstić information content (AvgIpc) is 2.87. The van der Waals surface area contributed by atoms with Crippen LogP contribution in [0.5, 0.6) is 11.5 Å². The van der Waals surface area contributed by atoms with Crippen LogP contribution in [0.15, 0.2) is 48.5 Å². The first-order valence-corrected chi connectivity index (χ1v) is 12.1. The van der Waals surface area contributed by atoms with Gasteiger partial charge in [-0.1, -0.05) is 12.1 Å². The number of ether oxygens (including phenoxy) is 2. The third kappa shape index (κ3) is 6.40. The zero-order valence-electron chi connectivity index (χ0n) is 20.5. The summed E-state index contributed by atoms with van der Waals surface area (Å²) in [5.41, 5.74) is 5.15. The van der Waals surface area contributed by atoms with Gasteiger partial charge in [0, 0.05) is 23.9 Å². The number of nitrogens with two attached hydrogens (primary N) is 1. The SMILES string of the molecule is COc1ccc(-c2nc(C(F)(F)F)ccc2CCC(C(N)=O)c2ccc(N(C)S(=O)[O-])c(F)c2)cc1OC. The fourth-order valence-electron chi connectivity index (χ4n) is 3.93. The maximum absolute atomic E-state index is 14.6. The highest BCUT2D eigenvalue weighted by atomic mass is 32.2. The molecule has 3 rings (SSSR count). The number of anilines is 1. The minimum absolute atomic E-state index is 0.0186. The molecule has 0 aliphatic heterocycles. The molecule has 13 heteroatoms. The number of rotatable bonds is 10. The predicted molar refractivity (Wildman–Crippen MR) is 132 cm³/mol. The second-order valence-electron chi connectivity index (χ2n) is 8.19. The molecule has 0 saturated heterocycles. The quantitative estimate of drug-likeness (QED) is 0.294. The second-order valence-corrected chi connectivity index (χ2v) is 9.17. The number of amides is 1. The number of aromatic nitrogens is 1. The fraction of sp³-hybridized carbons (Fsp3) is 0.280. The van der Waals surface area contributed by atoms with Gasteiger partial charge in [-0.3, -0.25) is 9.00 Å². The zero-order valence-corrected chi connectivity index (χ0v) is 21.4. The minimum atomic E-state index is -4.69. The number of halogens is 4. The lowest BCUT2D eigenvalue weighted by atomic mass is 9.90. The first kappa shape index (κ1) is 28.9. The lowest BCUT2D eigenvalue weighted by molar-refractivity contribution is -0.141. The van der Waals surface area contributed by atoms with E-state index in [-0.39, 0.29) is 35.5 Å². The average molecular weight is 555 g/mol. The van der Waals surface area contributed by atoms with Gasteiger partial charge in [-0.15, -0.1) is 0 Å². The summed E-state index contributed by atoms with van der Waals surface area (Å²) in [6, 6.07) is 10.2. The maximum atomic E-state index is 14.6. The second kappa shape index (κ2) is 11.8. The van der Waals surface area contributed by atoms with Crippen LogP contribution < -0.4 is 19.5 Å². The van der Waals surface area contributed by atoms with Crippen molar-refractivity contribution in [3.63, 3.8) is 0 Å². The molecule has 8 nitrogen and oxygen atoms in total. The Bertz CT molecular complexity index is 1350. The number of hydrogen-bond acceptors (Lipinski definition) is 6. The molecule has 0 spiro atoms. The van der Waals surface area contributed by atoms with Crippen molar-refractivity contribution in [2.75, 3.05) is 25.6 Å². The molecule has 2 unspecified atom stereocenters. The van der Waals surface area contributed by atoms with E-state index in [0.29, 0.717) is 21.2 Å². The summed E-state index contributed by atoms with van der Waals surface area (Å²) in [6.07, 6.45) is -4.61. The van der Waals surface area contributed by atoms with E-state index in [2.05, 4.69) is 4.98 Å². The molecule has 38 heavy (non-hydrogen) atoms. The molecule has 0 fully saturated rings. The molecule has 0 saturated carbocycles. The van der Waals surface area contributed by atoms with Crippen molar-refractivity contribution in [1.29, 1.82) is 0 Å². The normalized spacial score (nSPS) is 13.1. The number of benzene rings is 2. The summed E-state index contributed by atoms with van der Waals surface area (Å²) in [5, 5.41) is 0. The van der Waals surface area contributed by atoms with Gasteiger partial charge in [0.15, 0.2) is 11.5 Å². The van der Waals surface area contributed by atoms with Gasteiger partial charge in [0.05, 0.1) is 31.5 Å². The number of carbonyl (C=O) groups is 1. The molecule has 0 radical (unpaired) electrons. The Morgan fingerprint density at radius 2 is 1.79 bits per heavy atom. The van der Waals surface area contributed by atoms with E-state index in [9.17, 15) is 31.1 Å². The Balaban J connectivity index is 1.99. The standard InChI is InChI=1S/C25H25F4N3O5S/c1-32(38(34)35)19-9-5-15(12-18(19)26)17(24(30)33)8-4-14-7-11-22(25(27,28)29)31-23(14)16-6-10-20(36-2)21(13-16)37-3/h5-7,9-13,17H,4,8H2,1-3H3,(H2,30,33)(H,34,35)/p-1. The maximum Gasteiger partial charge on any atom is 0.433 e. The first-order chi connectivity index (χ1) is 17.9. The van der Waals surface area contributed by atoms with Gasteiger partial charge in [0.2, 0.25) is 5.91 Å². The van der Waals surface area contributed by atoms with Crippen LogP contribution in [0.25, 0.3) is 11.3 Å². The lowest BCUT2D eigenvalue weighted by Crippen LogP contribution is -2.23. The Hall–Kier alpha value is -3.71. The van der Waals surface area contributed by atoms with Crippen molar-refractivity contribution in [3.05, 3.63) is 71.2 Å². The van der Waals surface area contributed by atoms with E-state index in [1.165, 1.54) is 50.6 Å². The van der Waals surface area contributed by atoms with Gasteiger partial charge in [0.1, 0.15) is 11.5 Å². The summed E-state index contributed by atoms with van der Waals surface area (Å²) < 4.78 is 88.4. The van der Waals surface area contributed by atoms with E-state index in [0.717, 1.165) is 19.2 Å². The Morgan fingerprint density at radius 1 is 1.11 bits per heavy atom. The number of nitrogens with zero attached hydrogens (tertiary/aromatic N) is 2. The molecule has 2 aromatic carbocycles. The fourth-order valence-corrected chi connectivity index (χ4v) is 4.24. The third-order valence-corrected chi connectivity index (χ3v) is 6.55. The first-order valence-electron chi connectivity index (χ1n) is 11.1. The third-order valence-electron chi connectivity index (χ3n) is 5.91. The lowest BCUT2D eigenvalue weighted by Gasteiger charge is -2.23. The van der Waals surface area contributed by atoms with Crippen molar-refractivity contribution in [2.45, 2.75) is 24.9 Å². The Labute approximate surface area is 218 Å². The highest BCUT2D eigenvalue weighted by Crippen LogP contribution is 2.36. The van der Waals surface area contributed by atoms with Gasteiger partial charge in [-0.2, -0.15) is 13.2 Å². The van der Waals surface area contributed by atoms with Crippen LogP contribution in [-0.4, -0.2) is 40.9 Å². The van der Waals surface area contributed by atoms with Crippen LogP contribution in [0.3, 0.4) is 0 Å². The smallest absolute Gasteiger partial charge is 0.433 e. The van der Waals surface area contributed by atoms with Gasteiger partial charge in [0.25, 0.3) is 0 Å². The number of hydrogen-bond donors (Lipinski definition) is 1. The van der Waals surface area contributed by atoms with Gasteiger partial charge < -0.3 is 24.1 Å². The molecular formula is C25H24F4N3O5S-. The van der Waals surface area contributed by atoms with Crippen molar-refractivity contribution >= 4 is 22.9 Å². The molecule has 1 aromatic heterocycles. The van der Waals surface area contributed by atoms with E-state index >= 15 is 0 Å². The van der Waals surface area contributed by atoms with Crippen LogP contribution in [0, 0.1) is 5.82 Å². The molecule has 204 valence electrons. The summed E-state index contributed by atoms with van der Waals surface area (Å²) in [6.45, 7) is 0. The summed E-state index contributed by atoms with van der Waals surface area (Å²) in [7, 11) is 3.96. The van der Waals surface area contributed by atoms with Crippen molar-refractivity contribution < 1.29 is 40.6 Å². The number of methoxy groups -OCH3 is 2. The van der Waals surface area contributed by atoms with Crippen molar-refractivity contribution in [3.8, 4) is 22.8 Å². The van der Waals surface area contributed by atoms with E-state index in [4.69, 9.17) is 15.2 Å².